The number of carbonyl (C=O) groups excluding carboxylic acids is 5. The Labute approximate surface area is 156 Å². The molecule has 0 saturated carbocycles. The first-order valence-corrected chi connectivity index (χ1v) is 8.43. The summed E-state index contributed by atoms with van der Waals surface area (Å²) in [7, 11) is 0. The van der Waals surface area contributed by atoms with Crippen molar-refractivity contribution in [1.82, 2.24) is 15.5 Å². The summed E-state index contributed by atoms with van der Waals surface area (Å²) in [5.74, 6) is -2.63. The first-order chi connectivity index (χ1) is 12.8. The number of esters is 1. The van der Waals surface area contributed by atoms with Gasteiger partial charge in [-0.25, -0.2) is 4.79 Å². The van der Waals surface area contributed by atoms with Crippen LogP contribution in [-0.2, 0) is 25.5 Å². The van der Waals surface area contributed by atoms with Gasteiger partial charge >= 0.3 is 12.0 Å². The Kier molecular flexibility index (Phi) is 6.64. The van der Waals surface area contributed by atoms with E-state index in [4.69, 9.17) is 4.74 Å². The third-order valence-electron chi connectivity index (χ3n) is 3.71. The van der Waals surface area contributed by atoms with Crippen LogP contribution in [0.25, 0.3) is 0 Å². The quantitative estimate of drug-likeness (QED) is 0.542. The van der Waals surface area contributed by atoms with Crippen LogP contribution >= 0.6 is 0 Å². The van der Waals surface area contributed by atoms with Gasteiger partial charge in [0, 0.05) is 12.1 Å². The standard InChI is InChI=1S/C18H21N3O6/c1-11(2)8-19-18(26)20-14(22)10-27-16(24)9-21-15(23)7-12-5-3-4-6-13(12)17(21)25/h3-6,11H,7-10H2,1-2H3,(H2,19,20,22,26). The Bertz CT molecular complexity index is 774. The van der Waals surface area contributed by atoms with Crippen molar-refractivity contribution < 1.29 is 28.7 Å². The Hall–Kier alpha value is -3.23. The van der Waals surface area contributed by atoms with Crippen LogP contribution in [-0.4, -0.2) is 54.3 Å². The first kappa shape index (κ1) is 20.1. The molecule has 1 aliphatic heterocycles. The van der Waals surface area contributed by atoms with Crippen LogP contribution < -0.4 is 10.6 Å². The number of urea groups is 1. The van der Waals surface area contributed by atoms with Gasteiger partial charge in [0.1, 0.15) is 6.54 Å². The van der Waals surface area contributed by atoms with Gasteiger partial charge in [-0.1, -0.05) is 32.0 Å². The zero-order valence-corrected chi connectivity index (χ0v) is 15.1. The SMILES string of the molecule is CC(C)CNC(=O)NC(=O)COC(=O)CN1C(=O)Cc2ccccc2C1=O. The van der Waals surface area contributed by atoms with E-state index in [-0.39, 0.29) is 12.3 Å². The minimum absolute atomic E-state index is 0.00566. The molecule has 1 aromatic rings. The van der Waals surface area contributed by atoms with Gasteiger partial charge < -0.3 is 10.1 Å². The molecular formula is C18H21N3O6. The maximum Gasteiger partial charge on any atom is 0.326 e. The molecule has 144 valence electrons. The number of hydrogen-bond acceptors (Lipinski definition) is 6. The number of amides is 5. The van der Waals surface area contributed by atoms with E-state index >= 15 is 0 Å². The highest BCUT2D eigenvalue weighted by molar-refractivity contribution is 6.11. The zero-order chi connectivity index (χ0) is 20.0. The van der Waals surface area contributed by atoms with Gasteiger partial charge in [0.25, 0.3) is 11.8 Å². The van der Waals surface area contributed by atoms with Crippen molar-refractivity contribution >= 4 is 29.7 Å². The minimum atomic E-state index is -0.922. The van der Waals surface area contributed by atoms with Gasteiger partial charge in [-0.05, 0) is 17.5 Å². The second-order valence-electron chi connectivity index (χ2n) is 6.43. The molecule has 1 aliphatic rings. The summed E-state index contributed by atoms with van der Waals surface area (Å²) in [4.78, 5) is 60.1. The predicted octanol–water partition coefficient (Wildman–Crippen LogP) is 0.237. The fourth-order valence-electron chi connectivity index (χ4n) is 2.38. The number of ether oxygens (including phenoxy) is 1. The highest BCUT2D eigenvalue weighted by Crippen LogP contribution is 2.19. The lowest BCUT2D eigenvalue weighted by Gasteiger charge is -2.25. The summed E-state index contributed by atoms with van der Waals surface area (Å²) in [6, 6.07) is 5.95. The van der Waals surface area contributed by atoms with E-state index < -0.39 is 42.9 Å². The van der Waals surface area contributed by atoms with Crippen LogP contribution in [0.5, 0.6) is 0 Å². The fraction of sp³-hybridized carbons (Fsp3) is 0.389. The number of imide groups is 2. The summed E-state index contributed by atoms with van der Waals surface area (Å²) in [5.41, 5.74) is 0.952. The van der Waals surface area contributed by atoms with Gasteiger partial charge in [0.15, 0.2) is 6.61 Å². The summed E-state index contributed by atoms with van der Waals surface area (Å²) in [6.07, 6.45) is 0.00566. The molecule has 9 heteroatoms. The number of nitrogens with one attached hydrogen (secondary N) is 2. The number of rotatable bonds is 6. The van der Waals surface area contributed by atoms with Crippen LogP contribution in [0.15, 0.2) is 24.3 Å². The fourth-order valence-corrected chi connectivity index (χ4v) is 2.38. The molecule has 0 spiro atoms. The van der Waals surface area contributed by atoms with Crippen molar-refractivity contribution in [3.05, 3.63) is 35.4 Å². The molecular weight excluding hydrogens is 354 g/mol. The summed E-state index contributed by atoms with van der Waals surface area (Å²) >= 11 is 0. The summed E-state index contributed by atoms with van der Waals surface area (Å²) in [5, 5.41) is 4.49. The molecule has 0 unspecified atom stereocenters. The van der Waals surface area contributed by atoms with Gasteiger partial charge in [-0.2, -0.15) is 0 Å². The molecule has 0 atom stereocenters. The summed E-state index contributed by atoms with van der Waals surface area (Å²) in [6.45, 7) is 2.88. The predicted molar refractivity (Wildman–Crippen MR) is 93.5 cm³/mol. The molecule has 0 fully saturated rings. The van der Waals surface area contributed by atoms with Gasteiger partial charge in [-0.3, -0.25) is 29.4 Å². The zero-order valence-electron chi connectivity index (χ0n) is 15.1. The van der Waals surface area contributed by atoms with Gasteiger partial charge in [-0.15, -0.1) is 0 Å². The highest BCUT2D eigenvalue weighted by Gasteiger charge is 2.32. The van der Waals surface area contributed by atoms with E-state index in [1.807, 2.05) is 19.2 Å². The van der Waals surface area contributed by atoms with E-state index in [1.54, 1.807) is 24.3 Å². The molecule has 9 nitrogen and oxygen atoms in total. The smallest absolute Gasteiger partial charge is 0.326 e. The normalized spacial score (nSPS) is 13.2. The molecule has 1 aromatic carbocycles. The van der Waals surface area contributed by atoms with Crippen LogP contribution in [0.2, 0.25) is 0 Å². The second kappa shape index (κ2) is 8.93. The van der Waals surface area contributed by atoms with Crippen molar-refractivity contribution in [2.75, 3.05) is 19.7 Å². The number of carbonyl (C=O) groups is 5. The van der Waals surface area contributed by atoms with Crippen molar-refractivity contribution in [3.8, 4) is 0 Å². The number of nitrogens with zero attached hydrogens (tertiary/aromatic N) is 1. The minimum Gasteiger partial charge on any atom is -0.454 e. The van der Waals surface area contributed by atoms with Crippen molar-refractivity contribution in [2.45, 2.75) is 20.3 Å². The summed E-state index contributed by atoms with van der Waals surface area (Å²) < 4.78 is 4.74. The molecule has 1 heterocycles. The lowest BCUT2D eigenvalue weighted by Crippen LogP contribution is -2.46. The first-order valence-electron chi connectivity index (χ1n) is 8.43. The topological polar surface area (TPSA) is 122 Å². The average molecular weight is 375 g/mol. The van der Waals surface area contributed by atoms with Gasteiger partial charge in [0.05, 0.1) is 6.42 Å². The Balaban J connectivity index is 1.82. The molecule has 0 radical (unpaired) electrons. The third kappa shape index (κ3) is 5.63. The molecule has 5 amide bonds. The van der Waals surface area contributed by atoms with Crippen LogP contribution in [0, 0.1) is 5.92 Å². The maximum absolute atomic E-state index is 12.3. The maximum atomic E-state index is 12.3. The number of benzene rings is 1. The Morgan fingerprint density at radius 2 is 1.89 bits per heavy atom. The van der Waals surface area contributed by atoms with Crippen LogP contribution in [0.4, 0.5) is 4.79 Å². The molecule has 0 aliphatic carbocycles. The van der Waals surface area contributed by atoms with Crippen molar-refractivity contribution in [3.63, 3.8) is 0 Å². The monoisotopic (exact) mass is 375 g/mol. The van der Waals surface area contributed by atoms with E-state index in [9.17, 15) is 24.0 Å². The van der Waals surface area contributed by atoms with E-state index in [0.717, 1.165) is 4.90 Å². The molecule has 2 N–H and O–H groups in total. The molecule has 0 aromatic heterocycles. The Morgan fingerprint density at radius 3 is 2.59 bits per heavy atom. The average Bonchev–Trinajstić information content (AvgIpc) is 2.61. The number of hydrogen-bond donors (Lipinski definition) is 2. The Morgan fingerprint density at radius 1 is 1.19 bits per heavy atom. The largest absolute Gasteiger partial charge is 0.454 e. The second-order valence-corrected chi connectivity index (χ2v) is 6.43. The van der Waals surface area contributed by atoms with Crippen LogP contribution in [0.3, 0.4) is 0 Å². The van der Waals surface area contributed by atoms with Gasteiger partial charge in [0.2, 0.25) is 5.91 Å². The van der Waals surface area contributed by atoms with E-state index in [2.05, 4.69) is 5.32 Å². The molecule has 2 rings (SSSR count). The molecule has 0 bridgehead atoms. The number of fused-ring (bicyclic) bond motifs is 1. The van der Waals surface area contributed by atoms with E-state index in [0.29, 0.717) is 17.7 Å². The third-order valence-corrected chi connectivity index (χ3v) is 3.71. The van der Waals surface area contributed by atoms with Crippen LogP contribution in [0.1, 0.15) is 29.8 Å². The van der Waals surface area contributed by atoms with Crippen molar-refractivity contribution in [2.24, 2.45) is 5.92 Å². The lowest BCUT2D eigenvalue weighted by molar-refractivity contribution is -0.151. The van der Waals surface area contributed by atoms with Crippen molar-refractivity contribution in [1.29, 1.82) is 0 Å². The highest BCUT2D eigenvalue weighted by atomic mass is 16.5. The molecule has 27 heavy (non-hydrogen) atoms. The molecule has 0 saturated heterocycles. The lowest BCUT2D eigenvalue weighted by atomic mass is 9.98. The van der Waals surface area contributed by atoms with E-state index in [1.165, 1.54) is 0 Å².